The highest BCUT2D eigenvalue weighted by Crippen LogP contribution is 2.10. The van der Waals surface area contributed by atoms with Gasteiger partial charge in [0.15, 0.2) is 11.9 Å². The minimum atomic E-state index is -0.572. The predicted molar refractivity (Wildman–Crippen MR) is 78.3 cm³/mol. The molecular weight excluding hydrogens is 286 g/mol. The predicted octanol–water partition coefficient (Wildman–Crippen LogP) is 1.34. The van der Waals surface area contributed by atoms with Crippen LogP contribution in [0.15, 0.2) is 34.9 Å². The lowest BCUT2D eigenvalue weighted by Gasteiger charge is -2.14. The fraction of sp³-hybridized carbons (Fsp3) is 0.400. The van der Waals surface area contributed by atoms with Crippen molar-refractivity contribution in [2.75, 3.05) is 13.7 Å². The van der Waals surface area contributed by atoms with E-state index in [1.807, 2.05) is 18.2 Å². The molecule has 0 radical (unpaired) electrons. The van der Waals surface area contributed by atoms with E-state index in [4.69, 9.17) is 14.0 Å². The van der Waals surface area contributed by atoms with Crippen LogP contribution in [0.3, 0.4) is 0 Å². The molecule has 1 unspecified atom stereocenters. The topological polar surface area (TPSA) is 86.5 Å². The molecule has 0 fully saturated rings. The molecule has 7 heteroatoms. The molecule has 118 valence electrons. The highest BCUT2D eigenvalue weighted by molar-refractivity contribution is 5.80. The Bertz CT molecular complexity index is 585. The van der Waals surface area contributed by atoms with Crippen LogP contribution in [0.5, 0.6) is 5.75 Å². The summed E-state index contributed by atoms with van der Waals surface area (Å²) in [5.74, 6) is 1.42. The van der Waals surface area contributed by atoms with Crippen LogP contribution in [0.2, 0.25) is 0 Å². The van der Waals surface area contributed by atoms with Crippen LogP contribution >= 0.6 is 0 Å². The van der Waals surface area contributed by atoms with Crippen molar-refractivity contribution in [2.45, 2.75) is 26.1 Å². The number of rotatable bonds is 8. The van der Waals surface area contributed by atoms with Crippen molar-refractivity contribution < 1.29 is 18.8 Å². The van der Waals surface area contributed by atoms with Gasteiger partial charge in [0.2, 0.25) is 0 Å². The maximum absolute atomic E-state index is 11.9. The van der Waals surface area contributed by atoms with Crippen molar-refractivity contribution in [2.24, 2.45) is 0 Å². The summed E-state index contributed by atoms with van der Waals surface area (Å²) < 4.78 is 15.4. The Hall–Kier alpha value is -2.41. The van der Waals surface area contributed by atoms with Crippen molar-refractivity contribution in [3.8, 4) is 5.75 Å². The summed E-state index contributed by atoms with van der Waals surface area (Å²) in [4.78, 5) is 16.0. The summed E-state index contributed by atoms with van der Waals surface area (Å²) in [6, 6.07) is 9.21. The number of nitrogens with one attached hydrogen (secondary N) is 1. The van der Waals surface area contributed by atoms with E-state index in [0.717, 1.165) is 0 Å². The molecule has 0 bridgehead atoms. The number of ether oxygens (including phenoxy) is 2. The minimum Gasteiger partial charge on any atom is -0.481 e. The zero-order chi connectivity index (χ0) is 15.8. The second-order valence-corrected chi connectivity index (χ2v) is 4.65. The summed E-state index contributed by atoms with van der Waals surface area (Å²) in [5, 5.41) is 6.57. The van der Waals surface area contributed by atoms with Crippen molar-refractivity contribution in [1.82, 2.24) is 15.5 Å². The summed E-state index contributed by atoms with van der Waals surface area (Å²) in [6.45, 7) is 2.39. The lowest BCUT2D eigenvalue weighted by molar-refractivity contribution is -0.127. The number of hydrogen-bond acceptors (Lipinski definition) is 6. The number of carbonyl (C=O) groups is 1. The molecule has 0 aliphatic rings. The van der Waals surface area contributed by atoms with Crippen molar-refractivity contribution in [3.05, 3.63) is 42.0 Å². The molecule has 1 atom stereocenters. The number of aromatic nitrogens is 2. The van der Waals surface area contributed by atoms with E-state index >= 15 is 0 Å². The van der Waals surface area contributed by atoms with Crippen LogP contribution in [0, 0.1) is 0 Å². The third-order valence-corrected chi connectivity index (χ3v) is 2.85. The average molecular weight is 305 g/mol. The fourth-order valence-electron chi connectivity index (χ4n) is 1.77. The molecule has 1 amide bonds. The number of amides is 1. The quantitative estimate of drug-likeness (QED) is 0.792. The number of carbonyl (C=O) groups excluding carboxylic acids is 1. The SMILES string of the molecule is COCc1nc(CCNC(=O)C(C)Oc2ccccc2)no1. The van der Waals surface area contributed by atoms with E-state index in [1.165, 1.54) is 0 Å². The molecule has 2 rings (SSSR count). The van der Waals surface area contributed by atoms with E-state index in [0.29, 0.717) is 30.4 Å². The lowest BCUT2D eigenvalue weighted by atomic mass is 10.3. The Labute approximate surface area is 128 Å². The number of methoxy groups -OCH3 is 1. The van der Waals surface area contributed by atoms with E-state index in [9.17, 15) is 4.79 Å². The highest BCUT2D eigenvalue weighted by Gasteiger charge is 2.14. The maximum Gasteiger partial charge on any atom is 0.260 e. The third kappa shape index (κ3) is 4.85. The van der Waals surface area contributed by atoms with Crippen LogP contribution in [0.1, 0.15) is 18.6 Å². The molecule has 7 nitrogen and oxygen atoms in total. The van der Waals surface area contributed by atoms with Gasteiger partial charge in [-0.2, -0.15) is 4.98 Å². The van der Waals surface area contributed by atoms with Gasteiger partial charge in [0.05, 0.1) is 0 Å². The van der Waals surface area contributed by atoms with Crippen molar-refractivity contribution in [1.29, 1.82) is 0 Å². The number of hydrogen-bond donors (Lipinski definition) is 1. The molecule has 22 heavy (non-hydrogen) atoms. The number of nitrogens with zero attached hydrogens (tertiary/aromatic N) is 2. The molecule has 0 saturated heterocycles. The molecule has 0 aliphatic carbocycles. The van der Waals surface area contributed by atoms with Gasteiger partial charge >= 0.3 is 0 Å². The highest BCUT2D eigenvalue weighted by atomic mass is 16.5. The van der Waals surface area contributed by atoms with E-state index < -0.39 is 6.10 Å². The molecule has 1 aromatic heterocycles. The average Bonchev–Trinajstić information content (AvgIpc) is 2.96. The molecule has 0 aliphatic heterocycles. The first-order valence-electron chi connectivity index (χ1n) is 6.99. The smallest absolute Gasteiger partial charge is 0.260 e. The van der Waals surface area contributed by atoms with Gasteiger partial charge in [-0.1, -0.05) is 23.4 Å². The van der Waals surface area contributed by atoms with Gasteiger partial charge in [0.1, 0.15) is 12.4 Å². The lowest BCUT2D eigenvalue weighted by Crippen LogP contribution is -2.37. The first-order chi connectivity index (χ1) is 10.7. The Balaban J connectivity index is 1.72. The van der Waals surface area contributed by atoms with Gasteiger partial charge < -0.3 is 19.3 Å². The van der Waals surface area contributed by atoms with Gasteiger partial charge in [-0.25, -0.2) is 0 Å². The molecule has 1 aromatic carbocycles. The fourth-order valence-corrected chi connectivity index (χ4v) is 1.77. The van der Waals surface area contributed by atoms with Crippen LogP contribution < -0.4 is 10.1 Å². The van der Waals surface area contributed by atoms with E-state index in [2.05, 4.69) is 15.5 Å². The summed E-state index contributed by atoms with van der Waals surface area (Å²) >= 11 is 0. The van der Waals surface area contributed by atoms with Gasteiger partial charge in [-0.05, 0) is 19.1 Å². The van der Waals surface area contributed by atoms with Crippen LogP contribution in [0.25, 0.3) is 0 Å². The second-order valence-electron chi connectivity index (χ2n) is 4.65. The van der Waals surface area contributed by atoms with E-state index in [-0.39, 0.29) is 12.5 Å². The number of benzene rings is 1. The third-order valence-electron chi connectivity index (χ3n) is 2.85. The van der Waals surface area contributed by atoms with Crippen LogP contribution in [-0.2, 0) is 22.6 Å². The monoisotopic (exact) mass is 305 g/mol. The van der Waals surface area contributed by atoms with Crippen LogP contribution in [-0.4, -0.2) is 35.8 Å². The molecule has 0 saturated carbocycles. The summed E-state index contributed by atoms with van der Waals surface area (Å²) in [6.07, 6.45) is -0.0893. The number of para-hydroxylation sites is 1. The Morgan fingerprint density at radius 1 is 1.36 bits per heavy atom. The van der Waals surface area contributed by atoms with Gasteiger partial charge in [0, 0.05) is 20.1 Å². The summed E-state index contributed by atoms with van der Waals surface area (Å²) in [7, 11) is 1.55. The first kappa shape index (κ1) is 16.0. The normalized spacial score (nSPS) is 11.9. The second kappa shape index (κ2) is 8.14. The molecule has 0 spiro atoms. The standard InChI is InChI=1S/C15H19N3O4/c1-11(21-12-6-4-3-5-7-12)15(19)16-9-8-13-17-14(10-20-2)22-18-13/h3-7,11H,8-10H2,1-2H3,(H,16,19). The maximum atomic E-state index is 11.9. The van der Waals surface area contributed by atoms with Gasteiger partial charge in [0.25, 0.3) is 11.8 Å². The van der Waals surface area contributed by atoms with Crippen LogP contribution in [0.4, 0.5) is 0 Å². The van der Waals surface area contributed by atoms with Crippen molar-refractivity contribution in [3.63, 3.8) is 0 Å². The molecule has 2 aromatic rings. The first-order valence-corrected chi connectivity index (χ1v) is 6.99. The molecule has 1 N–H and O–H groups in total. The van der Waals surface area contributed by atoms with Crippen molar-refractivity contribution >= 4 is 5.91 Å². The molecular formula is C15H19N3O4. The largest absolute Gasteiger partial charge is 0.481 e. The van der Waals surface area contributed by atoms with Gasteiger partial charge in [-0.3, -0.25) is 4.79 Å². The Morgan fingerprint density at radius 3 is 2.86 bits per heavy atom. The zero-order valence-electron chi connectivity index (χ0n) is 12.6. The summed E-state index contributed by atoms with van der Waals surface area (Å²) in [5.41, 5.74) is 0. The Morgan fingerprint density at radius 2 is 2.14 bits per heavy atom. The zero-order valence-corrected chi connectivity index (χ0v) is 12.6. The van der Waals surface area contributed by atoms with E-state index in [1.54, 1.807) is 26.2 Å². The van der Waals surface area contributed by atoms with Gasteiger partial charge in [-0.15, -0.1) is 0 Å². The Kier molecular flexibility index (Phi) is 5.91. The minimum absolute atomic E-state index is 0.190. The molecule has 1 heterocycles.